The molecule has 10 nitrogen and oxygen atoms in total. The lowest BCUT2D eigenvalue weighted by molar-refractivity contribution is -0.385. The number of fused-ring (bicyclic) bond motifs is 1. The smallest absolute Gasteiger partial charge is 0.346 e. The second-order valence-corrected chi connectivity index (χ2v) is 7.38. The molecular formula is C25H22N2O8. The van der Waals surface area contributed by atoms with Gasteiger partial charge in [0.25, 0.3) is 11.6 Å². The molecule has 1 atom stereocenters. The van der Waals surface area contributed by atoms with Crippen LogP contribution in [0.3, 0.4) is 0 Å². The first kappa shape index (κ1) is 23.6. The molecule has 35 heavy (non-hydrogen) atoms. The van der Waals surface area contributed by atoms with Gasteiger partial charge in [-0.1, -0.05) is 42.5 Å². The van der Waals surface area contributed by atoms with Crippen molar-refractivity contribution < 1.29 is 33.5 Å². The molecule has 0 bridgehead atoms. The van der Waals surface area contributed by atoms with Crippen molar-refractivity contribution in [1.82, 2.24) is 0 Å². The summed E-state index contributed by atoms with van der Waals surface area (Å²) in [6.07, 6.45) is -1.40. The topological polar surface area (TPSA) is 126 Å². The summed E-state index contributed by atoms with van der Waals surface area (Å²) >= 11 is 0. The highest BCUT2D eigenvalue weighted by Crippen LogP contribution is 2.37. The number of nitrogens with zero attached hydrogens (tertiary/aromatic N) is 1. The molecule has 1 aliphatic heterocycles. The van der Waals surface area contributed by atoms with Crippen LogP contribution in [0.5, 0.6) is 17.2 Å². The molecule has 180 valence electrons. The van der Waals surface area contributed by atoms with E-state index in [1.165, 1.54) is 6.07 Å². The van der Waals surface area contributed by atoms with Crippen molar-refractivity contribution in [1.29, 1.82) is 0 Å². The van der Waals surface area contributed by atoms with Crippen molar-refractivity contribution in [2.45, 2.75) is 13.0 Å². The van der Waals surface area contributed by atoms with Gasteiger partial charge in [-0.3, -0.25) is 14.9 Å². The number of nitro benzene ring substituents is 1. The van der Waals surface area contributed by atoms with Crippen LogP contribution in [0.4, 0.5) is 11.4 Å². The van der Waals surface area contributed by atoms with Crippen LogP contribution >= 0.6 is 0 Å². The Morgan fingerprint density at radius 1 is 1.03 bits per heavy atom. The van der Waals surface area contributed by atoms with E-state index in [4.69, 9.17) is 18.9 Å². The molecule has 0 saturated carbocycles. The largest absolute Gasteiger partial charge is 0.492 e. The van der Waals surface area contributed by atoms with E-state index in [0.717, 1.165) is 6.07 Å². The second-order valence-electron chi connectivity index (χ2n) is 7.38. The molecule has 3 aromatic rings. The van der Waals surface area contributed by atoms with E-state index in [2.05, 4.69) is 5.32 Å². The van der Waals surface area contributed by atoms with E-state index < -0.39 is 28.6 Å². The number of para-hydroxylation sites is 2. The van der Waals surface area contributed by atoms with Crippen LogP contribution in [0.2, 0.25) is 0 Å². The lowest BCUT2D eigenvalue weighted by atomic mass is 10.1. The molecule has 10 heteroatoms. The number of carbonyl (C=O) groups is 2. The lowest BCUT2D eigenvalue weighted by Gasteiger charge is -2.21. The second kappa shape index (κ2) is 10.6. The molecule has 0 aromatic heterocycles. The van der Waals surface area contributed by atoms with Crippen LogP contribution in [0.15, 0.2) is 66.7 Å². The van der Waals surface area contributed by atoms with E-state index in [1.807, 2.05) is 6.92 Å². The fourth-order valence-electron chi connectivity index (χ4n) is 3.51. The molecule has 1 unspecified atom stereocenters. The van der Waals surface area contributed by atoms with Crippen LogP contribution in [-0.4, -0.2) is 36.6 Å². The number of amides is 1. The number of nitro groups is 1. The number of anilines is 1. The van der Waals surface area contributed by atoms with Gasteiger partial charge in [-0.2, -0.15) is 0 Å². The fourth-order valence-corrected chi connectivity index (χ4v) is 3.51. The zero-order chi connectivity index (χ0) is 24.8. The molecule has 4 rings (SSSR count). The van der Waals surface area contributed by atoms with Gasteiger partial charge in [-0.05, 0) is 19.1 Å². The Balaban J connectivity index is 1.66. The van der Waals surface area contributed by atoms with Gasteiger partial charge in [0.1, 0.15) is 24.5 Å². The summed E-state index contributed by atoms with van der Waals surface area (Å²) in [4.78, 5) is 37.3. The monoisotopic (exact) mass is 478 g/mol. The van der Waals surface area contributed by atoms with Gasteiger partial charge >= 0.3 is 5.97 Å². The SMILES string of the molecule is CCOc1ccccc1NC(=O)C(OC(=O)c1cc2c(cc1[N+](=O)[O-])OCCO2)c1ccccc1. The quantitative estimate of drug-likeness (QED) is 0.288. The van der Waals surface area contributed by atoms with Gasteiger partial charge in [0.15, 0.2) is 11.5 Å². The number of benzene rings is 3. The molecule has 1 aliphatic rings. The highest BCUT2D eigenvalue weighted by molar-refractivity contribution is 6.00. The molecule has 0 spiro atoms. The van der Waals surface area contributed by atoms with E-state index in [0.29, 0.717) is 23.6 Å². The third-order valence-electron chi connectivity index (χ3n) is 5.09. The lowest BCUT2D eigenvalue weighted by Crippen LogP contribution is -2.26. The number of nitrogens with one attached hydrogen (secondary N) is 1. The highest BCUT2D eigenvalue weighted by Gasteiger charge is 2.32. The summed E-state index contributed by atoms with van der Waals surface area (Å²) in [5.41, 5.74) is -0.107. The molecule has 0 aliphatic carbocycles. The average molecular weight is 478 g/mol. The third kappa shape index (κ3) is 5.32. The third-order valence-corrected chi connectivity index (χ3v) is 5.09. The minimum absolute atomic E-state index is 0.157. The van der Waals surface area contributed by atoms with Gasteiger partial charge in [0.2, 0.25) is 6.10 Å². The summed E-state index contributed by atoms with van der Waals surface area (Å²) in [5, 5.41) is 14.4. The van der Waals surface area contributed by atoms with Crippen LogP contribution < -0.4 is 19.5 Å². The van der Waals surface area contributed by atoms with Crippen LogP contribution in [0.1, 0.15) is 28.9 Å². The number of ether oxygens (including phenoxy) is 4. The molecule has 1 N–H and O–H groups in total. The standard InChI is InChI=1S/C25H22N2O8/c1-2-32-20-11-7-6-10-18(20)26-24(28)23(16-8-4-3-5-9-16)35-25(29)17-14-21-22(34-13-12-33-21)15-19(17)27(30)31/h3-11,14-15,23H,2,12-13H2,1H3,(H,26,28). The maximum Gasteiger partial charge on any atom is 0.346 e. The Kier molecular flexibility index (Phi) is 7.10. The molecule has 1 amide bonds. The highest BCUT2D eigenvalue weighted by atomic mass is 16.6. The van der Waals surface area contributed by atoms with Crippen molar-refractivity contribution >= 4 is 23.3 Å². The van der Waals surface area contributed by atoms with E-state index in [-0.39, 0.29) is 30.3 Å². The molecule has 0 radical (unpaired) electrons. The van der Waals surface area contributed by atoms with Crippen molar-refractivity contribution in [2.75, 3.05) is 25.1 Å². The van der Waals surface area contributed by atoms with Gasteiger partial charge in [0.05, 0.1) is 23.3 Å². The summed E-state index contributed by atoms with van der Waals surface area (Å²) in [6, 6.07) is 17.5. The zero-order valence-electron chi connectivity index (χ0n) is 18.8. The van der Waals surface area contributed by atoms with Crippen molar-refractivity contribution in [2.24, 2.45) is 0 Å². The summed E-state index contributed by atoms with van der Waals surface area (Å²) in [5.74, 6) is -0.929. The normalized spacial score (nSPS) is 12.8. The number of hydrogen-bond donors (Lipinski definition) is 1. The van der Waals surface area contributed by atoms with E-state index in [9.17, 15) is 19.7 Å². The molecular weight excluding hydrogens is 456 g/mol. The Hall–Kier alpha value is -4.60. The number of carbonyl (C=O) groups excluding carboxylic acids is 2. The predicted octanol–water partition coefficient (Wildman–Crippen LogP) is 4.30. The first-order valence-corrected chi connectivity index (χ1v) is 10.8. The predicted molar refractivity (Wildman–Crippen MR) is 125 cm³/mol. The minimum atomic E-state index is -1.40. The maximum absolute atomic E-state index is 13.3. The Morgan fingerprint density at radius 2 is 1.69 bits per heavy atom. The molecule has 0 fully saturated rings. The fraction of sp³-hybridized carbons (Fsp3) is 0.200. The van der Waals surface area contributed by atoms with E-state index >= 15 is 0 Å². The molecule has 1 heterocycles. The van der Waals surface area contributed by atoms with Gasteiger partial charge in [-0.15, -0.1) is 0 Å². The van der Waals surface area contributed by atoms with Gasteiger partial charge in [0, 0.05) is 11.6 Å². The van der Waals surface area contributed by atoms with Crippen LogP contribution in [-0.2, 0) is 9.53 Å². The van der Waals surface area contributed by atoms with Crippen molar-refractivity contribution in [3.63, 3.8) is 0 Å². The molecule has 3 aromatic carbocycles. The maximum atomic E-state index is 13.3. The summed E-state index contributed by atoms with van der Waals surface area (Å²) in [7, 11) is 0. The number of hydrogen-bond acceptors (Lipinski definition) is 8. The van der Waals surface area contributed by atoms with Crippen LogP contribution in [0, 0.1) is 10.1 Å². The Labute approximate surface area is 200 Å². The minimum Gasteiger partial charge on any atom is -0.492 e. The summed E-state index contributed by atoms with van der Waals surface area (Å²) < 4.78 is 21.9. The van der Waals surface area contributed by atoms with Crippen molar-refractivity contribution in [3.05, 3.63) is 88.0 Å². The van der Waals surface area contributed by atoms with E-state index in [1.54, 1.807) is 54.6 Å². The Bertz CT molecular complexity index is 1250. The van der Waals surface area contributed by atoms with Gasteiger partial charge in [-0.25, -0.2) is 4.79 Å². The first-order valence-electron chi connectivity index (χ1n) is 10.8. The Morgan fingerprint density at radius 3 is 2.37 bits per heavy atom. The van der Waals surface area contributed by atoms with Gasteiger partial charge < -0.3 is 24.3 Å². The number of esters is 1. The number of rotatable bonds is 8. The zero-order valence-corrected chi connectivity index (χ0v) is 18.8. The van der Waals surface area contributed by atoms with Crippen LogP contribution in [0.25, 0.3) is 0 Å². The summed E-state index contributed by atoms with van der Waals surface area (Å²) in [6.45, 7) is 2.66. The van der Waals surface area contributed by atoms with Crippen molar-refractivity contribution in [3.8, 4) is 17.2 Å². The first-order chi connectivity index (χ1) is 17.0. The molecule has 0 saturated heterocycles. The average Bonchev–Trinajstić information content (AvgIpc) is 2.88.